The molecule has 2 heterocycles. The average molecular weight is 454 g/mol. The molecule has 3 aromatic carbocycles. The van der Waals surface area contributed by atoms with Crippen molar-refractivity contribution in [2.45, 2.75) is 11.4 Å². The van der Waals surface area contributed by atoms with E-state index in [0.29, 0.717) is 18.1 Å². The molecule has 0 atom stereocenters. The second-order valence-electron chi connectivity index (χ2n) is 7.50. The molecule has 0 aliphatic heterocycles. The Balaban J connectivity index is 1.69. The molecule has 33 heavy (non-hydrogen) atoms. The molecule has 5 nitrogen and oxygen atoms in total. The number of aromatic nitrogens is 3. The number of nitrogens with one attached hydrogen (secondary N) is 1. The lowest BCUT2D eigenvalue weighted by Crippen LogP contribution is -2.05. The largest absolute Gasteiger partial charge is 0.364 e. The fraction of sp³-hybridized carbons (Fsp3) is 0.0385. The van der Waals surface area contributed by atoms with Crippen LogP contribution in [-0.2, 0) is 6.54 Å². The molecule has 2 aromatic heterocycles. The standard InChI is InChI=1S/C26H20FN5S/c27-20-11-9-18(10-12-20)22-7-4-8-23-24(22)26(30-14-17-5-2-1-3-6-17)32-31-25(23)19-13-21(33-28)16-29-15-19/h1-13,15-16H,14,28H2,(H,30,32). The molecular formula is C26H20FN5S. The van der Waals surface area contributed by atoms with E-state index in [1.165, 1.54) is 12.1 Å². The van der Waals surface area contributed by atoms with Gasteiger partial charge >= 0.3 is 0 Å². The predicted octanol–water partition coefficient (Wildman–Crippen LogP) is 6.08. The summed E-state index contributed by atoms with van der Waals surface area (Å²) in [5.41, 5.74) is 4.51. The highest BCUT2D eigenvalue weighted by molar-refractivity contribution is 7.97. The SMILES string of the molecule is NSc1cncc(-c2nnc(NCc3ccccc3)c3c(-c4ccc(F)cc4)cccc23)c1. The first-order valence-electron chi connectivity index (χ1n) is 10.4. The Morgan fingerprint density at radius 2 is 1.67 bits per heavy atom. The Hall–Kier alpha value is -3.81. The summed E-state index contributed by atoms with van der Waals surface area (Å²) in [4.78, 5) is 5.14. The van der Waals surface area contributed by atoms with Gasteiger partial charge in [-0.1, -0.05) is 60.7 Å². The van der Waals surface area contributed by atoms with Crippen LogP contribution in [0, 0.1) is 5.82 Å². The number of benzene rings is 3. The molecule has 0 unspecified atom stereocenters. The molecule has 7 heteroatoms. The van der Waals surface area contributed by atoms with Crippen LogP contribution in [-0.4, -0.2) is 15.2 Å². The fourth-order valence-corrected chi connectivity index (χ4v) is 4.13. The van der Waals surface area contributed by atoms with Gasteiger partial charge in [0.15, 0.2) is 5.82 Å². The second-order valence-corrected chi connectivity index (χ2v) is 8.21. The number of hydrogen-bond donors (Lipinski definition) is 2. The minimum atomic E-state index is -0.274. The van der Waals surface area contributed by atoms with Crippen LogP contribution in [0.25, 0.3) is 33.2 Å². The Morgan fingerprint density at radius 1 is 0.848 bits per heavy atom. The van der Waals surface area contributed by atoms with Crippen LogP contribution in [0.2, 0.25) is 0 Å². The van der Waals surface area contributed by atoms with Crippen molar-refractivity contribution in [1.29, 1.82) is 0 Å². The van der Waals surface area contributed by atoms with E-state index in [9.17, 15) is 4.39 Å². The van der Waals surface area contributed by atoms with E-state index >= 15 is 0 Å². The number of hydrogen-bond acceptors (Lipinski definition) is 6. The summed E-state index contributed by atoms with van der Waals surface area (Å²) in [5.74, 6) is 0.388. The van der Waals surface area contributed by atoms with Crippen LogP contribution in [0.3, 0.4) is 0 Å². The van der Waals surface area contributed by atoms with Crippen LogP contribution >= 0.6 is 11.9 Å². The van der Waals surface area contributed by atoms with Gasteiger partial charge in [0, 0.05) is 40.2 Å². The summed E-state index contributed by atoms with van der Waals surface area (Å²) in [6, 6.07) is 24.5. The van der Waals surface area contributed by atoms with Gasteiger partial charge < -0.3 is 5.32 Å². The zero-order chi connectivity index (χ0) is 22.6. The highest BCUT2D eigenvalue weighted by Gasteiger charge is 2.16. The van der Waals surface area contributed by atoms with E-state index in [2.05, 4.69) is 32.6 Å². The lowest BCUT2D eigenvalue weighted by atomic mass is 9.96. The quantitative estimate of drug-likeness (QED) is 0.304. The summed E-state index contributed by atoms with van der Waals surface area (Å²) in [6.07, 6.45) is 3.47. The Kier molecular flexibility index (Phi) is 5.97. The first kappa shape index (κ1) is 21.1. The molecule has 0 bridgehead atoms. The monoisotopic (exact) mass is 453 g/mol. The molecule has 0 saturated heterocycles. The molecule has 0 fully saturated rings. The summed E-state index contributed by atoms with van der Waals surface area (Å²) >= 11 is 1.13. The zero-order valence-electron chi connectivity index (χ0n) is 17.6. The number of fused-ring (bicyclic) bond motifs is 1. The van der Waals surface area contributed by atoms with Gasteiger partial charge in [0.1, 0.15) is 11.5 Å². The molecule has 0 aliphatic carbocycles. The molecule has 0 aliphatic rings. The number of rotatable bonds is 6. The first-order chi connectivity index (χ1) is 16.2. The van der Waals surface area contributed by atoms with Gasteiger partial charge in [0.25, 0.3) is 0 Å². The van der Waals surface area contributed by atoms with E-state index < -0.39 is 0 Å². The van der Waals surface area contributed by atoms with Crippen molar-refractivity contribution in [3.8, 4) is 22.4 Å². The molecule has 0 saturated carbocycles. The van der Waals surface area contributed by atoms with E-state index in [1.807, 2.05) is 42.5 Å². The predicted molar refractivity (Wildman–Crippen MR) is 132 cm³/mol. The minimum absolute atomic E-state index is 0.274. The van der Waals surface area contributed by atoms with E-state index in [-0.39, 0.29) is 5.82 Å². The topological polar surface area (TPSA) is 76.7 Å². The van der Waals surface area contributed by atoms with Crippen molar-refractivity contribution in [2.75, 3.05) is 5.32 Å². The fourth-order valence-electron chi connectivity index (χ4n) is 3.81. The van der Waals surface area contributed by atoms with Gasteiger partial charge in [-0.15, -0.1) is 10.2 Å². The van der Waals surface area contributed by atoms with E-state index in [4.69, 9.17) is 5.14 Å². The van der Waals surface area contributed by atoms with E-state index in [0.717, 1.165) is 49.9 Å². The Labute approximate surface area is 195 Å². The smallest absolute Gasteiger partial charge is 0.157 e. The maximum Gasteiger partial charge on any atom is 0.157 e. The molecule has 0 radical (unpaired) electrons. The van der Waals surface area contributed by atoms with Crippen molar-refractivity contribution in [3.63, 3.8) is 0 Å². The summed E-state index contributed by atoms with van der Waals surface area (Å²) in [6.45, 7) is 0.600. The Bertz CT molecular complexity index is 1410. The molecular weight excluding hydrogens is 433 g/mol. The maximum atomic E-state index is 13.6. The summed E-state index contributed by atoms with van der Waals surface area (Å²) in [7, 11) is 0. The highest BCUT2D eigenvalue weighted by atomic mass is 32.2. The number of pyridine rings is 1. The normalized spacial score (nSPS) is 11.0. The van der Waals surface area contributed by atoms with Crippen LogP contribution < -0.4 is 10.5 Å². The summed E-state index contributed by atoms with van der Waals surface area (Å²) < 4.78 is 13.6. The summed E-state index contributed by atoms with van der Waals surface area (Å²) in [5, 5.41) is 20.1. The number of nitrogens with zero attached hydrogens (tertiary/aromatic N) is 3. The number of nitrogens with two attached hydrogens (primary N) is 1. The van der Waals surface area contributed by atoms with Crippen LogP contribution in [0.5, 0.6) is 0 Å². The molecule has 3 N–H and O–H groups in total. The number of halogens is 1. The van der Waals surface area contributed by atoms with Crippen molar-refractivity contribution >= 4 is 28.5 Å². The zero-order valence-corrected chi connectivity index (χ0v) is 18.4. The van der Waals surface area contributed by atoms with Gasteiger partial charge in [0.2, 0.25) is 0 Å². The minimum Gasteiger partial charge on any atom is -0.364 e. The van der Waals surface area contributed by atoms with Gasteiger partial charge in [-0.25, -0.2) is 4.39 Å². The molecule has 0 spiro atoms. The lowest BCUT2D eigenvalue weighted by molar-refractivity contribution is 0.628. The van der Waals surface area contributed by atoms with Crippen molar-refractivity contribution in [3.05, 3.63) is 103 Å². The van der Waals surface area contributed by atoms with Gasteiger partial charge in [0.05, 0.1) is 0 Å². The third-order valence-electron chi connectivity index (χ3n) is 5.39. The van der Waals surface area contributed by atoms with E-state index in [1.54, 1.807) is 24.5 Å². The van der Waals surface area contributed by atoms with Gasteiger partial charge in [-0.2, -0.15) is 0 Å². The second kappa shape index (κ2) is 9.36. The van der Waals surface area contributed by atoms with Crippen LogP contribution in [0.1, 0.15) is 5.56 Å². The molecule has 0 amide bonds. The van der Waals surface area contributed by atoms with Gasteiger partial charge in [-0.3, -0.25) is 10.1 Å². The lowest BCUT2D eigenvalue weighted by Gasteiger charge is -2.15. The van der Waals surface area contributed by atoms with Crippen molar-refractivity contribution in [2.24, 2.45) is 5.14 Å². The van der Waals surface area contributed by atoms with Gasteiger partial charge in [-0.05, 0) is 46.8 Å². The molecule has 5 rings (SSSR count). The first-order valence-corrected chi connectivity index (χ1v) is 11.3. The third-order valence-corrected chi connectivity index (χ3v) is 5.88. The van der Waals surface area contributed by atoms with Crippen LogP contribution in [0.4, 0.5) is 10.2 Å². The average Bonchev–Trinajstić information content (AvgIpc) is 2.88. The molecule has 162 valence electrons. The molecule has 5 aromatic rings. The highest BCUT2D eigenvalue weighted by Crippen LogP contribution is 2.37. The number of anilines is 1. The van der Waals surface area contributed by atoms with Crippen molar-refractivity contribution in [1.82, 2.24) is 15.2 Å². The Morgan fingerprint density at radius 3 is 2.45 bits per heavy atom. The van der Waals surface area contributed by atoms with Crippen molar-refractivity contribution < 1.29 is 4.39 Å². The maximum absolute atomic E-state index is 13.6. The third kappa shape index (κ3) is 4.41. The van der Waals surface area contributed by atoms with Crippen LogP contribution in [0.15, 0.2) is 96.2 Å².